The lowest BCUT2D eigenvalue weighted by Gasteiger charge is -2.06. The van der Waals surface area contributed by atoms with Gasteiger partial charge in [0.2, 0.25) is 5.28 Å². The molecule has 0 bridgehead atoms. The zero-order valence-corrected chi connectivity index (χ0v) is 12.6. The van der Waals surface area contributed by atoms with E-state index < -0.39 is 0 Å². The number of aryl methyl sites for hydroxylation is 2. The van der Waals surface area contributed by atoms with Crippen LogP contribution in [0.3, 0.4) is 0 Å². The van der Waals surface area contributed by atoms with Crippen LogP contribution in [0.2, 0.25) is 5.28 Å². The van der Waals surface area contributed by atoms with Crippen LogP contribution < -0.4 is 5.32 Å². The first-order valence-electron chi connectivity index (χ1n) is 6.56. The molecule has 21 heavy (non-hydrogen) atoms. The molecule has 108 valence electrons. The lowest BCUT2D eigenvalue weighted by Crippen LogP contribution is -2.23. The molecule has 2 aromatic heterocycles. The third-order valence-electron chi connectivity index (χ3n) is 3.57. The number of halogens is 1. The van der Waals surface area contributed by atoms with Crippen LogP contribution in [0.15, 0.2) is 36.5 Å². The summed E-state index contributed by atoms with van der Waals surface area (Å²) in [6.07, 6.45) is 1.95. The third-order valence-corrected chi connectivity index (χ3v) is 3.91. The van der Waals surface area contributed by atoms with Crippen LogP contribution in [0.5, 0.6) is 0 Å². The molecule has 0 aliphatic rings. The molecule has 0 radical (unpaired) electrons. The summed E-state index contributed by atoms with van der Waals surface area (Å²) in [5.41, 5.74) is 3.24. The maximum Gasteiger partial charge on any atom is 0.251 e. The molecule has 0 spiro atoms. The number of hydrogen-bond donors (Lipinski definition) is 1. The summed E-state index contributed by atoms with van der Waals surface area (Å²) in [7, 11) is 3.79. The van der Waals surface area contributed by atoms with E-state index in [-0.39, 0.29) is 5.91 Å². The highest BCUT2D eigenvalue weighted by Crippen LogP contribution is 2.19. The summed E-state index contributed by atoms with van der Waals surface area (Å²) in [5.74, 6) is -0.125. The van der Waals surface area contributed by atoms with E-state index in [2.05, 4.69) is 10.3 Å². The number of nitrogens with zero attached hydrogens (tertiary/aromatic N) is 3. The van der Waals surface area contributed by atoms with Crippen LogP contribution in [-0.2, 0) is 20.6 Å². The van der Waals surface area contributed by atoms with Gasteiger partial charge in [0.05, 0.1) is 17.6 Å². The van der Waals surface area contributed by atoms with Gasteiger partial charge in [-0.3, -0.25) is 4.79 Å². The summed E-state index contributed by atoms with van der Waals surface area (Å²) in [5, 5.41) is 3.31. The minimum absolute atomic E-state index is 0.125. The largest absolute Gasteiger partial charge is 0.353 e. The van der Waals surface area contributed by atoms with E-state index in [1.165, 1.54) is 0 Å². The Balaban J connectivity index is 1.80. The van der Waals surface area contributed by atoms with Gasteiger partial charge in [-0.05, 0) is 41.9 Å². The van der Waals surface area contributed by atoms with Crippen molar-refractivity contribution in [2.24, 2.45) is 14.1 Å². The Hall–Kier alpha value is -2.27. The van der Waals surface area contributed by atoms with Gasteiger partial charge in [0.1, 0.15) is 0 Å². The molecule has 0 unspecified atom stereocenters. The number of nitrogens with one attached hydrogen (secondary N) is 1. The van der Waals surface area contributed by atoms with Crippen LogP contribution in [0, 0.1) is 0 Å². The fourth-order valence-electron chi connectivity index (χ4n) is 2.26. The Labute approximate surface area is 127 Å². The molecule has 1 aromatic carbocycles. The molecule has 0 fully saturated rings. The molecule has 0 aliphatic heterocycles. The number of aromatic nitrogens is 3. The summed E-state index contributed by atoms with van der Waals surface area (Å²) >= 11 is 5.98. The first kappa shape index (κ1) is 13.7. The van der Waals surface area contributed by atoms with Gasteiger partial charge in [0.15, 0.2) is 0 Å². The second kappa shape index (κ2) is 5.26. The van der Waals surface area contributed by atoms with Crippen molar-refractivity contribution in [3.63, 3.8) is 0 Å². The first-order chi connectivity index (χ1) is 10.1. The quantitative estimate of drug-likeness (QED) is 0.808. The van der Waals surface area contributed by atoms with Gasteiger partial charge in [0, 0.05) is 31.5 Å². The van der Waals surface area contributed by atoms with Crippen LogP contribution >= 0.6 is 11.6 Å². The van der Waals surface area contributed by atoms with Gasteiger partial charge in [0.25, 0.3) is 5.91 Å². The number of carbonyl (C=O) groups is 1. The fraction of sp³-hybridized carbons (Fsp3) is 0.200. The smallest absolute Gasteiger partial charge is 0.251 e. The molecule has 0 saturated heterocycles. The molecule has 2 heterocycles. The monoisotopic (exact) mass is 302 g/mol. The van der Waals surface area contributed by atoms with Crippen molar-refractivity contribution in [1.82, 2.24) is 19.4 Å². The van der Waals surface area contributed by atoms with Gasteiger partial charge < -0.3 is 14.5 Å². The molecule has 3 aromatic rings. The Kier molecular flexibility index (Phi) is 3.43. The van der Waals surface area contributed by atoms with E-state index in [9.17, 15) is 4.79 Å². The SMILES string of the molecule is Cn1cccc1CNC(=O)c1ccc2c(c1)nc(Cl)n2C. The summed E-state index contributed by atoms with van der Waals surface area (Å²) in [6, 6.07) is 9.30. The summed E-state index contributed by atoms with van der Waals surface area (Å²) < 4.78 is 3.75. The van der Waals surface area contributed by atoms with Gasteiger partial charge >= 0.3 is 0 Å². The predicted octanol–water partition coefficient (Wildman–Crippen LogP) is 2.50. The van der Waals surface area contributed by atoms with Crippen molar-refractivity contribution in [3.8, 4) is 0 Å². The highest BCUT2D eigenvalue weighted by molar-refractivity contribution is 6.29. The van der Waals surface area contributed by atoms with Crippen molar-refractivity contribution >= 4 is 28.5 Å². The van der Waals surface area contributed by atoms with E-state index in [1.54, 1.807) is 16.7 Å². The molecular weight excluding hydrogens is 288 g/mol. The molecule has 3 rings (SSSR count). The third kappa shape index (κ3) is 2.52. The zero-order chi connectivity index (χ0) is 15.0. The van der Waals surface area contributed by atoms with E-state index in [1.807, 2.05) is 43.1 Å². The molecule has 5 nitrogen and oxygen atoms in total. The number of imidazole rings is 1. The van der Waals surface area contributed by atoms with Crippen molar-refractivity contribution in [1.29, 1.82) is 0 Å². The van der Waals surface area contributed by atoms with Crippen LogP contribution in [0.1, 0.15) is 16.1 Å². The summed E-state index contributed by atoms with van der Waals surface area (Å²) in [4.78, 5) is 16.4. The lowest BCUT2D eigenvalue weighted by molar-refractivity contribution is 0.0950. The molecule has 6 heteroatoms. The molecule has 0 saturated carbocycles. The number of benzene rings is 1. The number of amides is 1. The number of fused-ring (bicyclic) bond motifs is 1. The predicted molar refractivity (Wildman–Crippen MR) is 82.3 cm³/mol. The standard InChI is InChI=1S/C15H15ClN4O/c1-19-7-3-4-11(19)9-17-14(21)10-5-6-13-12(8-10)18-15(16)20(13)2/h3-8H,9H2,1-2H3,(H,17,21). The van der Waals surface area contributed by atoms with Crippen molar-refractivity contribution < 1.29 is 4.79 Å². The van der Waals surface area contributed by atoms with E-state index >= 15 is 0 Å². The fourth-order valence-corrected chi connectivity index (χ4v) is 2.45. The van der Waals surface area contributed by atoms with Gasteiger partial charge in [-0.2, -0.15) is 0 Å². The van der Waals surface area contributed by atoms with Gasteiger partial charge in [-0.15, -0.1) is 0 Å². The molecule has 1 N–H and O–H groups in total. The minimum atomic E-state index is -0.125. The second-order valence-corrected chi connectivity index (χ2v) is 5.27. The number of carbonyl (C=O) groups excluding carboxylic acids is 1. The normalized spacial score (nSPS) is 11.0. The van der Waals surface area contributed by atoms with Crippen molar-refractivity contribution in [2.75, 3.05) is 0 Å². The highest BCUT2D eigenvalue weighted by atomic mass is 35.5. The number of rotatable bonds is 3. The molecule has 1 amide bonds. The summed E-state index contributed by atoms with van der Waals surface area (Å²) in [6.45, 7) is 0.489. The highest BCUT2D eigenvalue weighted by Gasteiger charge is 2.10. The molecule has 0 aliphatic carbocycles. The van der Waals surface area contributed by atoms with Crippen LogP contribution in [0.25, 0.3) is 11.0 Å². The Morgan fingerprint density at radius 3 is 2.86 bits per heavy atom. The Morgan fingerprint density at radius 1 is 1.33 bits per heavy atom. The van der Waals surface area contributed by atoms with E-state index in [0.717, 1.165) is 11.2 Å². The zero-order valence-electron chi connectivity index (χ0n) is 11.8. The second-order valence-electron chi connectivity index (χ2n) is 4.94. The maximum atomic E-state index is 12.2. The lowest BCUT2D eigenvalue weighted by atomic mass is 10.2. The average Bonchev–Trinajstić information content (AvgIpc) is 3.00. The molecule has 0 atom stereocenters. The van der Waals surface area contributed by atoms with Gasteiger partial charge in [-0.25, -0.2) is 4.98 Å². The van der Waals surface area contributed by atoms with E-state index in [4.69, 9.17) is 11.6 Å². The van der Waals surface area contributed by atoms with Crippen LogP contribution in [0.4, 0.5) is 0 Å². The Bertz CT molecular complexity index is 818. The maximum absolute atomic E-state index is 12.2. The topological polar surface area (TPSA) is 51.9 Å². The van der Waals surface area contributed by atoms with Crippen molar-refractivity contribution in [2.45, 2.75) is 6.54 Å². The van der Waals surface area contributed by atoms with Crippen LogP contribution in [-0.4, -0.2) is 20.0 Å². The van der Waals surface area contributed by atoms with E-state index in [0.29, 0.717) is 22.9 Å². The Morgan fingerprint density at radius 2 is 2.14 bits per heavy atom. The number of hydrogen-bond acceptors (Lipinski definition) is 2. The first-order valence-corrected chi connectivity index (χ1v) is 6.94. The minimum Gasteiger partial charge on any atom is -0.353 e. The molecular formula is C15H15ClN4O. The average molecular weight is 303 g/mol. The van der Waals surface area contributed by atoms with Gasteiger partial charge in [-0.1, -0.05) is 0 Å². The van der Waals surface area contributed by atoms with Crippen molar-refractivity contribution in [3.05, 3.63) is 53.1 Å².